The van der Waals surface area contributed by atoms with Crippen LogP contribution in [0, 0.1) is 11.8 Å². The minimum absolute atomic E-state index is 0.0426. The minimum atomic E-state index is -3.95. The number of rotatable bonds is 13. The van der Waals surface area contributed by atoms with Crippen LogP contribution in [0.5, 0.6) is 0 Å². The number of aliphatic hydroxyl groups is 1. The molecule has 0 heterocycles. The van der Waals surface area contributed by atoms with E-state index >= 15 is 0 Å². The molecule has 0 radical (unpaired) electrons. The topological polar surface area (TPSA) is 94.1 Å². The van der Waals surface area contributed by atoms with Gasteiger partial charge in [-0.3, -0.25) is 9.36 Å². The van der Waals surface area contributed by atoms with Crippen LogP contribution < -0.4 is 5.32 Å². The van der Waals surface area contributed by atoms with Crippen LogP contribution in [0.4, 0.5) is 0 Å². The van der Waals surface area contributed by atoms with Gasteiger partial charge in [0.15, 0.2) is 5.85 Å². The van der Waals surface area contributed by atoms with Crippen LogP contribution in [-0.2, 0) is 43.0 Å². The van der Waals surface area contributed by atoms with E-state index in [1.54, 1.807) is 0 Å². The van der Waals surface area contributed by atoms with E-state index in [4.69, 9.17) is 13.8 Å². The molecule has 1 amide bonds. The summed E-state index contributed by atoms with van der Waals surface area (Å²) in [6.45, 7) is 2.42. The second kappa shape index (κ2) is 13.8. The normalized spacial score (nSPS) is 20.2. The Morgan fingerprint density at radius 2 is 1.32 bits per heavy atom. The van der Waals surface area contributed by atoms with Gasteiger partial charge >= 0.3 is 7.60 Å². The summed E-state index contributed by atoms with van der Waals surface area (Å²) in [4.78, 5) is 11.6. The van der Waals surface area contributed by atoms with E-state index in [1.165, 1.54) is 6.92 Å². The third-order valence-electron chi connectivity index (χ3n) is 6.84. The molecule has 0 aliphatic heterocycles. The monoisotopic (exact) mass is 537 g/mol. The summed E-state index contributed by atoms with van der Waals surface area (Å²) in [5.74, 6) is -1.88. The Hall–Kier alpha value is -2.80. The Morgan fingerprint density at radius 1 is 0.842 bits per heavy atom. The molecule has 0 saturated heterocycles. The molecule has 8 heteroatoms. The Morgan fingerprint density at radius 3 is 1.79 bits per heavy atom. The number of carbonyl (C=O) groups excluding carboxylic acids is 1. The fourth-order valence-electron chi connectivity index (χ4n) is 4.77. The van der Waals surface area contributed by atoms with Gasteiger partial charge in [-0.25, -0.2) is 0 Å². The Bertz CT molecular complexity index is 1130. The van der Waals surface area contributed by atoms with Crippen LogP contribution in [0.2, 0.25) is 0 Å². The lowest BCUT2D eigenvalue weighted by Crippen LogP contribution is -2.32. The highest BCUT2D eigenvalue weighted by Gasteiger charge is 2.47. The Kier molecular flexibility index (Phi) is 10.3. The summed E-state index contributed by atoms with van der Waals surface area (Å²) in [6, 6.07) is 28.7. The van der Waals surface area contributed by atoms with E-state index < -0.39 is 13.4 Å². The smallest absolute Gasteiger partial charge is 0.359 e. The predicted molar refractivity (Wildman–Crippen MR) is 146 cm³/mol. The van der Waals surface area contributed by atoms with Crippen molar-refractivity contribution in [2.45, 2.75) is 51.5 Å². The van der Waals surface area contributed by atoms with Gasteiger partial charge in [0, 0.05) is 19.4 Å². The van der Waals surface area contributed by atoms with Gasteiger partial charge in [-0.2, -0.15) is 0 Å². The summed E-state index contributed by atoms with van der Waals surface area (Å²) in [5, 5.41) is 14.3. The molecular weight excluding hydrogens is 501 g/mol. The lowest BCUT2D eigenvalue weighted by Gasteiger charge is -2.27. The van der Waals surface area contributed by atoms with E-state index in [1.807, 2.05) is 91.0 Å². The highest BCUT2D eigenvalue weighted by molar-refractivity contribution is 7.54. The lowest BCUT2D eigenvalue weighted by atomic mass is 10.0. The number of amides is 1. The first-order chi connectivity index (χ1) is 18.4. The summed E-state index contributed by atoms with van der Waals surface area (Å²) in [5.41, 5.74) is 2.71. The number of benzene rings is 3. The number of ether oxygens (including phenoxy) is 1. The molecule has 0 aromatic heterocycles. The van der Waals surface area contributed by atoms with Crippen LogP contribution in [0.15, 0.2) is 91.0 Å². The van der Waals surface area contributed by atoms with Gasteiger partial charge in [-0.05, 0) is 35.4 Å². The first-order valence-electron chi connectivity index (χ1n) is 13.0. The van der Waals surface area contributed by atoms with E-state index in [0.29, 0.717) is 26.0 Å². The highest BCUT2D eigenvalue weighted by atomic mass is 31.2. The van der Waals surface area contributed by atoms with Gasteiger partial charge in [0.1, 0.15) is 0 Å². The molecule has 4 rings (SSSR count). The molecule has 0 spiro atoms. The summed E-state index contributed by atoms with van der Waals surface area (Å²) >= 11 is 0. The van der Waals surface area contributed by atoms with Crippen molar-refractivity contribution < 1.29 is 28.3 Å². The minimum Gasteiger partial charge on any atom is -0.380 e. The number of aliphatic hydroxyl groups excluding tert-OH is 1. The lowest BCUT2D eigenvalue weighted by molar-refractivity contribution is -0.119. The molecule has 0 bridgehead atoms. The molecule has 4 atom stereocenters. The zero-order chi connectivity index (χ0) is 26.8. The maximum Gasteiger partial charge on any atom is 0.359 e. The number of nitrogens with one attached hydrogen (secondary N) is 1. The van der Waals surface area contributed by atoms with Crippen molar-refractivity contribution in [3.63, 3.8) is 0 Å². The molecule has 202 valence electrons. The van der Waals surface area contributed by atoms with Gasteiger partial charge in [0.2, 0.25) is 5.91 Å². The molecule has 1 aliphatic carbocycles. The average molecular weight is 538 g/mol. The third-order valence-corrected chi connectivity index (χ3v) is 8.89. The Labute approximate surface area is 224 Å². The maximum absolute atomic E-state index is 14.1. The summed E-state index contributed by atoms with van der Waals surface area (Å²) in [6.07, 6.45) is 0.776. The van der Waals surface area contributed by atoms with Gasteiger partial charge < -0.3 is 24.2 Å². The molecule has 7 nitrogen and oxygen atoms in total. The van der Waals surface area contributed by atoms with E-state index in [2.05, 4.69) is 5.32 Å². The SMILES string of the molecule is CC(=O)NC[C@@H]1C[C@@H](C(O)P(=O)(OCc2ccccc2)OCc2ccccc2)C[C@H]1OCc1ccccc1. The zero-order valence-electron chi connectivity index (χ0n) is 21.6. The van der Waals surface area contributed by atoms with Gasteiger partial charge in [0.05, 0.1) is 25.9 Å². The zero-order valence-corrected chi connectivity index (χ0v) is 22.5. The summed E-state index contributed by atoms with van der Waals surface area (Å²) < 4.78 is 32.1. The average Bonchev–Trinajstić information content (AvgIpc) is 3.37. The van der Waals surface area contributed by atoms with Gasteiger partial charge in [-0.15, -0.1) is 0 Å². The molecular formula is C30H36NO6P. The van der Waals surface area contributed by atoms with Crippen molar-refractivity contribution >= 4 is 13.5 Å². The van der Waals surface area contributed by atoms with Gasteiger partial charge in [0.25, 0.3) is 0 Å². The fraction of sp³-hybridized carbons (Fsp3) is 0.367. The second-order valence-electron chi connectivity index (χ2n) is 9.74. The number of hydrogen-bond donors (Lipinski definition) is 2. The standard InChI is InChI=1S/C30H36NO6P/c1-23(32)31-19-28-17-27(18-29(28)35-20-24-11-5-2-6-12-24)30(33)38(34,36-21-25-13-7-3-8-14-25)37-22-26-15-9-4-10-16-26/h2-16,27-30,33H,17-22H2,1H3,(H,31,32)/t27-,28+,29-,30?/m1/s1. The van der Waals surface area contributed by atoms with Crippen LogP contribution in [0.3, 0.4) is 0 Å². The number of carbonyl (C=O) groups is 1. The molecule has 3 aromatic rings. The molecule has 38 heavy (non-hydrogen) atoms. The van der Waals surface area contributed by atoms with Crippen LogP contribution in [-0.4, -0.2) is 29.5 Å². The quantitative estimate of drug-likeness (QED) is 0.273. The largest absolute Gasteiger partial charge is 0.380 e. The van der Waals surface area contributed by atoms with Crippen LogP contribution in [0.25, 0.3) is 0 Å². The fourth-order valence-corrected chi connectivity index (χ4v) is 6.57. The van der Waals surface area contributed by atoms with Crippen LogP contribution >= 0.6 is 7.60 Å². The van der Waals surface area contributed by atoms with Crippen molar-refractivity contribution in [1.29, 1.82) is 0 Å². The summed E-state index contributed by atoms with van der Waals surface area (Å²) in [7, 11) is -3.95. The molecule has 1 saturated carbocycles. The van der Waals surface area contributed by atoms with Crippen molar-refractivity contribution in [2.75, 3.05) is 6.54 Å². The molecule has 1 aliphatic rings. The molecule has 3 aromatic carbocycles. The molecule has 1 fully saturated rings. The first-order valence-corrected chi connectivity index (χ1v) is 14.6. The third kappa shape index (κ3) is 8.10. The van der Waals surface area contributed by atoms with Crippen molar-refractivity contribution in [3.8, 4) is 0 Å². The highest BCUT2D eigenvalue weighted by Crippen LogP contribution is 2.58. The van der Waals surface area contributed by atoms with E-state index in [9.17, 15) is 14.5 Å². The Balaban J connectivity index is 1.48. The second-order valence-corrected chi connectivity index (χ2v) is 11.9. The predicted octanol–water partition coefficient (Wildman–Crippen LogP) is 5.68. The first kappa shape index (κ1) is 28.2. The van der Waals surface area contributed by atoms with E-state index in [0.717, 1.165) is 16.7 Å². The van der Waals surface area contributed by atoms with Crippen molar-refractivity contribution in [2.24, 2.45) is 11.8 Å². The molecule has 1 unspecified atom stereocenters. The van der Waals surface area contributed by atoms with Crippen molar-refractivity contribution in [3.05, 3.63) is 108 Å². The van der Waals surface area contributed by atoms with E-state index in [-0.39, 0.29) is 37.1 Å². The van der Waals surface area contributed by atoms with Crippen LogP contribution in [0.1, 0.15) is 36.5 Å². The van der Waals surface area contributed by atoms with Crippen molar-refractivity contribution in [1.82, 2.24) is 5.32 Å². The molecule has 2 N–H and O–H groups in total. The maximum atomic E-state index is 14.1. The number of hydrogen-bond acceptors (Lipinski definition) is 6. The van der Waals surface area contributed by atoms with Gasteiger partial charge in [-0.1, -0.05) is 91.0 Å².